The monoisotopic (exact) mass is 517 g/mol. The first-order chi connectivity index (χ1) is 17.7. The average Bonchev–Trinajstić information content (AvgIpc) is 3.05. The van der Waals surface area contributed by atoms with Crippen molar-refractivity contribution in [2.45, 2.75) is 32.0 Å². The van der Waals surface area contributed by atoms with Gasteiger partial charge in [0.2, 0.25) is 0 Å². The molecule has 2 N–H and O–H groups in total. The summed E-state index contributed by atoms with van der Waals surface area (Å²) in [7, 11) is 0. The van der Waals surface area contributed by atoms with Crippen LogP contribution >= 0.6 is 12.4 Å². The van der Waals surface area contributed by atoms with E-state index in [1.807, 2.05) is 60.7 Å². The summed E-state index contributed by atoms with van der Waals surface area (Å²) in [5, 5.41) is 25.0. The van der Waals surface area contributed by atoms with Gasteiger partial charge in [0.1, 0.15) is 30.0 Å². The molecule has 1 unspecified atom stereocenters. The molecule has 0 radical (unpaired) electrons. The van der Waals surface area contributed by atoms with Gasteiger partial charge in [0.05, 0.1) is 6.61 Å². The molecule has 2 aliphatic heterocycles. The third-order valence-corrected chi connectivity index (χ3v) is 7.39. The SMILES string of the molecule is Cl.OC1=Cc2c3c(cc(O)c2=c2ccccc2=C1)=CC(c1ccc(OCCN2CCCCC2)cc1)OC3. The van der Waals surface area contributed by atoms with Gasteiger partial charge in [-0.25, -0.2) is 0 Å². The number of hydrogen-bond acceptors (Lipinski definition) is 5. The first-order valence-electron chi connectivity index (χ1n) is 12.8. The van der Waals surface area contributed by atoms with Gasteiger partial charge < -0.3 is 19.7 Å². The van der Waals surface area contributed by atoms with E-state index in [4.69, 9.17) is 9.47 Å². The number of aliphatic hydroxyl groups excluding tert-OH is 1. The predicted octanol–water partition coefficient (Wildman–Crippen LogP) is 4.71. The summed E-state index contributed by atoms with van der Waals surface area (Å²) in [4.78, 5) is 2.47. The van der Waals surface area contributed by atoms with Crippen molar-refractivity contribution in [3.8, 4) is 11.5 Å². The van der Waals surface area contributed by atoms with Crippen LogP contribution in [0.1, 0.15) is 42.1 Å². The summed E-state index contributed by atoms with van der Waals surface area (Å²) in [5.41, 5.74) is 2.81. The zero-order valence-corrected chi connectivity index (χ0v) is 21.5. The second kappa shape index (κ2) is 11.0. The first kappa shape index (κ1) is 25.4. The standard InChI is InChI=1S/C31H31NO4.ClH/c33-24-16-22-6-2-3-7-26(22)31-27(19-24)28-20-36-30(18-23(28)17-29(31)34)21-8-10-25(11-9-21)35-15-14-32-12-4-1-5-13-32;/h2-3,6-11,16-19,30,33-34H,1,4-5,12-15,20H2;1H. The van der Waals surface area contributed by atoms with Crippen LogP contribution in [0.25, 0.3) is 18.2 Å². The first-order valence-corrected chi connectivity index (χ1v) is 12.8. The average molecular weight is 518 g/mol. The van der Waals surface area contributed by atoms with Gasteiger partial charge in [-0.15, -0.1) is 12.4 Å². The Bertz CT molecular complexity index is 1530. The predicted molar refractivity (Wildman–Crippen MR) is 148 cm³/mol. The Morgan fingerprint density at radius 3 is 2.51 bits per heavy atom. The van der Waals surface area contributed by atoms with Crippen molar-refractivity contribution in [3.63, 3.8) is 0 Å². The van der Waals surface area contributed by atoms with Crippen LogP contribution in [0.2, 0.25) is 0 Å². The highest BCUT2D eigenvalue weighted by atomic mass is 35.5. The molecule has 192 valence electrons. The van der Waals surface area contributed by atoms with Crippen LogP contribution in [0.5, 0.6) is 11.5 Å². The number of phenolic OH excluding ortho intramolecular Hbond substituents is 1. The topological polar surface area (TPSA) is 62.2 Å². The number of nitrogens with zero attached hydrogens (tertiary/aromatic N) is 1. The number of fused-ring (bicyclic) bond motifs is 4. The molecule has 0 amide bonds. The van der Waals surface area contributed by atoms with Gasteiger partial charge in [0, 0.05) is 11.8 Å². The highest BCUT2D eigenvalue weighted by Gasteiger charge is 2.20. The molecule has 0 saturated carbocycles. The minimum atomic E-state index is -0.223. The second-order valence-electron chi connectivity index (χ2n) is 9.77. The minimum Gasteiger partial charge on any atom is -0.508 e. The number of aromatic hydroxyl groups is 1. The molecule has 6 heteroatoms. The molecule has 1 aliphatic carbocycles. The molecule has 1 fully saturated rings. The van der Waals surface area contributed by atoms with E-state index < -0.39 is 0 Å². The summed E-state index contributed by atoms with van der Waals surface area (Å²) in [6.45, 7) is 4.41. The summed E-state index contributed by atoms with van der Waals surface area (Å²) >= 11 is 0. The van der Waals surface area contributed by atoms with Gasteiger partial charge in [-0.1, -0.05) is 42.8 Å². The third-order valence-electron chi connectivity index (χ3n) is 7.39. The summed E-state index contributed by atoms with van der Waals surface area (Å²) < 4.78 is 12.2. The van der Waals surface area contributed by atoms with Gasteiger partial charge in [-0.3, -0.25) is 4.90 Å². The molecule has 0 spiro atoms. The fraction of sp³-hybridized carbons (Fsp3) is 0.290. The molecule has 1 saturated heterocycles. The Hall–Kier alpha value is -3.25. The van der Waals surface area contributed by atoms with Crippen molar-refractivity contribution in [2.75, 3.05) is 26.2 Å². The maximum Gasteiger partial charge on any atom is 0.124 e. The van der Waals surface area contributed by atoms with E-state index in [2.05, 4.69) is 4.90 Å². The van der Waals surface area contributed by atoms with Crippen LogP contribution in [0.15, 0.2) is 60.4 Å². The number of ether oxygens (including phenoxy) is 2. The van der Waals surface area contributed by atoms with Gasteiger partial charge in [-0.2, -0.15) is 0 Å². The lowest BCUT2D eigenvalue weighted by Crippen LogP contribution is -2.33. The van der Waals surface area contributed by atoms with Gasteiger partial charge in [-0.05, 0) is 94.7 Å². The lowest BCUT2D eigenvalue weighted by Gasteiger charge is -2.26. The Labute approximate surface area is 222 Å². The van der Waals surface area contributed by atoms with Crippen molar-refractivity contribution >= 4 is 30.6 Å². The zero-order valence-electron chi connectivity index (χ0n) is 20.7. The van der Waals surface area contributed by atoms with Crippen LogP contribution in [0, 0.1) is 10.4 Å². The molecular formula is C31H32ClNO4. The molecule has 0 bridgehead atoms. The third kappa shape index (κ3) is 5.26. The molecule has 3 aliphatic rings. The van der Waals surface area contributed by atoms with E-state index in [0.717, 1.165) is 49.9 Å². The number of rotatable bonds is 5. The molecule has 37 heavy (non-hydrogen) atoms. The van der Waals surface area contributed by atoms with Crippen LogP contribution in [0.3, 0.4) is 0 Å². The Kier molecular flexibility index (Phi) is 7.56. The van der Waals surface area contributed by atoms with E-state index in [1.165, 1.54) is 32.4 Å². The minimum absolute atomic E-state index is 0. The highest BCUT2D eigenvalue weighted by molar-refractivity contribution is 5.85. The van der Waals surface area contributed by atoms with Gasteiger partial charge in [0.25, 0.3) is 0 Å². The number of aliphatic hydroxyl groups is 1. The van der Waals surface area contributed by atoms with Gasteiger partial charge in [0.15, 0.2) is 0 Å². The molecule has 2 heterocycles. The summed E-state index contributed by atoms with van der Waals surface area (Å²) in [6, 6.07) is 17.7. The maximum absolute atomic E-state index is 11.0. The van der Waals surface area contributed by atoms with E-state index in [1.54, 1.807) is 12.2 Å². The fourth-order valence-electron chi connectivity index (χ4n) is 5.51. The van der Waals surface area contributed by atoms with Gasteiger partial charge >= 0.3 is 0 Å². The quantitative estimate of drug-likeness (QED) is 0.513. The molecule has 5 nitrogen and oxygen atoms in total. The Morgan fingerprint density at radius 1 is 0.919 bits per heavy atom. The normalized spacial score (nSPS) is 18.5. The number of halogens is 1. The van der Waals surface area contributed by atoms with Crippen molar-refractivity contribution in [2.24, 2.45) is 0 Å². The zero-order chi connectivity index (χ0) is 24.5. The summed E-state index contributed by atoms with van der Waals surface area (Å²) in [6.07, 6.45) is 9.20. The van der Waals surface area contributed by atoms with E-state index >= 15 is 0 Å². The number of phenols is 1. The summed E-state index contributed by atoms with van der Waals surface area (Å²) in [5.74, 6) is 1.22. The van der Waals surface area contributed by atoms with Crippen molar-refractivity contribution in [3.05, 3.63) is 97.9 Å². The van der Waals surface area contributed by atoms with Crippen LogP contribution in [-0.4, -0.2) is 41.4 Å². The highest BCUT2D eigenvalue weighted by Crippen LogP contribution is 2.29. The number of likely N-dealkylation sites (tertiary alicyclic amines) is 1. The second-order valence-corrected chi connectivity index (χ2v) is 9.77. The van der Waals surface area contributed by atoms with E-state index in [-0.39, 0.29) is 30.0 Å². The molecule has 3 aromatic carbocycles. The largest absolute Gasteiger partial charge is 0.508 e. The molecule has 3 aromatic rings. The molecule has 6 rings (SSSR count). The van der Waals surface area contributed by atoms with Crippen LogP contribution in [0.4, 0.5) is 0 Å². The maximum atomic E-state index is 11.0. The molecule has 1 atom stereocenters. The van der Waals surface area contributed by atoms with E-state index in [9.17, 15) is 10.2 Å². The number of benzene rings is 3. The van der Waals surface area contributed by atoms with Crippen molar-refractivity contribution in [1.29, 1.82) is 0 Å². The van der Waals surface area contributed by atoms with Crippen molar-refractivity contribution in [1.82, 2.24) is 4.90 Å². The molecular weight excluding hydrogens is 486 g/mol. The van der Waals surface area contributed by atoms with Crippen LogP contribution < -0.4 is 15.2 Å². The lowest BCUT2D eigenvalue weighted by atomic mass is 9.96. The number of piperidine rings is 1. The van der Waals surface area contributed by atoms with Crippen LogP contribution in [-0.2, 0) is 11.3 Å². The lowest BCUT2D eigenvalue weighted by molar-refractivity contribution is 0.0757. The Morgan fingerprint density at radius 2 is 1.70 bits per heavy atom. The number of hydrogen-bond donors (Lipinski definition) is 2. The number of allylic oxidation sites excluding steroid dienone is 1. The van der Waals surface area contributed by atoms with Crippen molar-refractivity contribution < 1.29 is 19.7 Å². The van der Waals surface area contributed by atoms with E-state index in [0.29, 0.717) is 13.2 Å². The smallest absolute Gasteiger partial charge is 0.124 e. The Balaban J connectivity index is 0.00000280. The molecule has 0 aromatic heterocycles. The fourth-order valence-corrected chi connectivity index (χ4v) is 5.51.